The second-order valence-corrected chi connectivity index (χ2v) is 4.72. The molecule has 1 atom stereocenters. The lowest BCUT2D eigenvalue weighted by Gasteiger charge is -2.12. The molecule has 1 unspecified atom stereocenters. The first kappa shape index (κ1) is 16.3. The Morgan fingerprint density at radius 1 is 1.40 bits per heavy atom. The number of hydrogen-bond acceptors (Lipinski definition) is 2. The van der Waals surface area contributed by atoms with E-state index < -0.39 is 6.36 Å². The smallest absolute Gasteiger partial charge is 0.406 e. The quantitative estimate of drug-likeness (QED) is 0.845. The second-order valence-electron chi connectivity index (χ2n) is 4.72. The van der Waals surface area contributed by atoms with Gasteiger partial charge < -0.3 is 10.1 Å². The van der Waals surface area contributed by atoms with Gasteiger partial charge in [-0.25, -0.2) is 0 Å². The molecule has 1 aromatic carbocycles. The molecule has 3 nitrogen and oxygen atoms in total. The molecule has 1 rings (SSSR count). The first-order valence-electron chi connectivity index (χ1n) is 6.46. The highest BCUT2D eigenvalue weighted by atomic mass is 19.4. The predicted molar refractivity (Wildman–Crippen MR) is 70.4 cm³/mol. The summed E-state index contributed by atoms with van der Waals surface area (Å²) in [5.74, 6) is -0.318. The summed E-state index contributed by atoms with van der Waals surface area (Å²) in [6.07, 6.45) is -2.47. The highest BCUT2D eigenvalue weighted by Gasteiger charge is 2.31. The third kappa shape index (κ3) is 6.45. The average Bonchev–Trinajstić information content (AvgIpc) is 2.26. The summed E-state index contributed by atoms with van der Waals surface area (Å²) in [5.41, 5.74) is 0.292. The number of rotatable bonds is 6. The van der Waals surface area contributed by atoms with Gasteiger partial charge in [0.2, 0.25) is 5.91 Å². The number of amides is 1. The van der Waals surface area contributed by atoms with Gasteiger partial charge in [-0.2, -0.15) is 0 Å². The van der Waals surface area contributed by atoms with Gasteiger partial charge in [0.15, 0.2) is 0 Å². The zero-order valence-electron chi connectivity index (χ0n) is 11.5. The zero-order valence-corrected chi connectivity index (χ0v) is 11.5. The minimum absolute atomic E-state index is 0.213. The van der Waals surface area contributed by atoms with Crippen LogP contribution in [0.4, 0.5) is 18.9 Å². The van der Waals surface area contributed by atoms with Crippen molar-refractivity contribution in [2.45, 2.75) is 39.5 Å². The van der Waals surface area contributed by atoms with Crippen LogP contribution in [0.2, 0.25) is 0 Å². The Morgan fingerprint density at radius 3 is 2.70 bits per heavy atom. The molecule has 0 bridgehead atoms. The van der Waals surface area contributed by atoms with Crippen LogP contribution in [0.1, 0.15) is 33.1 Å². The van der Waals surface area contributed by atoms with Crippen molar-refractivity contribution in [2.75, 3.05) is 5.32 Å². The molecule has 1 N–H and O–H groups in total. The van der Waals surface area contributed by atoms with Gasteiger partial charge in [-0.1, -0.05) is 32.8 Å². The van der Waals surface area contributed by atoms with Crippen molar-refractivity contribution in [3.05, 3.63) is 24.3 Å². The van der Waals surface area contributed by atoms with Gasteiger partial charge in [0, 0.05) is 18.2 Å². The molecule has 1 amide bonds. The van der Waals surface area contributed by atoms with Gasteiger partial charge in [-0.05, 0) is 18.1 Å². The van der Waals surface area contributed by atoms with Crippen molar-refractivity contribution in [1.82, 2.24) is 0 Å². The summed E-state index contributed by atoms with van der Waals surface area (Å²) in [6, 6.07) is 5.25. The summed E-state index contributed by atoms with van der Waals surface area (Å²) >= 11 is 0. The van der Waals surface area contributed by atoms with Crippen LogP contribution in [0.5, 0.6) is 5.75 Å². The fraction of sp³-hybridized carbons (Fsp3) is 0.500. The number of anilines is 1. The summed E-state index contributed by atoms with van der Waals surface area (Å²) in [5, 5.41) is 2.57. The summed E-state index contributed by atoms with van der Waals surface area (Å²) in [7, 11) is 0. The molecule has 0 aliphatic rings. The van der Waals surface area contributed by atoms with E-state index >= 15 is 0 Å². The summed E-state index contributed by atoms with van der Waals surface area (Å²) in [4.78, 5) is 11.7. The number of benzene rings is 1. The van der Waals surface area contributed by atoms with E-state index in [2.05, 4.69) is 10.1 Å². The van der Waals surface area contributed by atoms with Crippen LogP contribution in [0.3, 0.4) is 0 Å². The van der Waals surface area contributed by atoms with Crippen LogP contribution in [-0.4, -0.2) is 12.3 Å². The van der Waals surface area contributed by atoms with Gasteiger partial charge >= 0.3 is 6.36 Å². The minimum Gasteiger partial charge on any atom is -0.406 e. The van der Waals surface area contributed by atoms with Crippen LogP contribution >= 0.6 is 0 Å². The predicted octanol–water partition coefficient (Wildman–Crippen LogP) is 4.35. The molecule has 0 saturated heterocycles. The van der Waals surface area contributed by atoms with Crippen molar-refractivity contribution in [3.8, 4) is 5.75 Å². The van der Waals surface area contributed by atoms with Crippen molar-refractivity contribution < 1.29 is 22.7 Å². The van der Waals surface area contributed by atoms with Crippen molar-refractivity contribution in [3.63, 3.8) is 0 Å². The van der Waals surface area contributed by atoms with Crippen LogP contribution in [0, 0.1) is 5.92 Å². The molecular weight excluding hydrogens is 271 g/mol. The first-order chi connectivity index (χ1) is 9.30. The standard InChI is InChI=1S/C14H18F3NO2/c1-3-5-10(2)8-13(19)18-11-6-4-7-12(9-11)20-14(15,16)17/h4,6-7,9-10H,3,5,8H2,1-2H3,(H,18,19). The monoisotopic (exact) mass is 289 g/mol. The number of hydrogen-bond donors (Lipinski definition) is 1. The van der Waals surface area contributed by atoms with E-state index in [4.69, 9.17) is 0 Å². The molecule has 0 heterocycles. The molecule has 0 saturated carbocycles. The summed E-state index contributed by atoms with van der Waals surface area (Å²) in [6.45, 7) is 4.00. The largest absolute Gasteiger partial charge is 0.573 e. The Morgan fingerprint density at radius 2 is 2.10 bits per heavy atom. The van der Waals surface area contributed by atoms with Crippen LogP contribution < -0.4 is 10.1 Å². The van der Waals surface area contributed by atoms with Gasteiger partial charge in [-0.3, -0.25) is 4.79 Å². The topological polar surface area (TPSA) is 38.3 Å². The maximum atomic E-state index is 12.1. The van der Waals surface area contributed by atoms with Crippen LogP contribution in [0.15, 0.2) is 24.3 Å². The van der Waals surface area contributed by atoms with Crippen molar-refractivity contribution in [1.29, 1.82) is 0 Å². The first-order valence-corrected chi connectivity index (χ1v) is 6.46. The van der Waals surface area contributed by atoms with Gasteiger partial charge in [-0.15, -0.1) is 13.2 Å². The van der Waals surface area contributed by atoms with Gasteiger partial charge in [0.05, 0.1) is 0 Å². The highest BCUT2D eigenvalue weighted by molar-refractivity contribution is 5.91. The molecule has 112 valence electrons. The lowest BCUT2D eigenvalue weighted by atomic mass is 10.0. The van der Waals surface area contributed by atoms with Crippen LogP contribution in [-0.2, 0) is 4.79 Å². The van der Waals surface area contributed by atoms with E-state index in [1.54, 1.807) is 0 Å². The number of ether oxygens (including phenoxy) is 1. The maximum absolute atomic E-state index is 12.1. The third-order valence-electron chi connectivity index (χ3n) is 2.67. The fourth-order valence-electron chi connectivity index (χ4n) is 1.89. The molecule has 0 aliphatic heterocycles. The molecule has 1 aromatic rings. The van der Waals surface area contributed by atoms with Gasteiger partial charge in [0.25, 0.3) is 0 Å². The molecule has 0 fully saturated rings. The van der Waals surface area contributed by atoms with Crippen molar-refractivity contribution >= 4 is 11.6 Å². The highest BCUT2D eigenvalue weighted by Crippen LogP contribution is 2.25. The Kier molecular flexibility index (Phi) is 5.85. The van der Waals surface area contributed by atoms with Crippen LogP contribution in [0.25, 0.3) is 0 Å². The molecular formula is C14H18F3NO2. The third-order valence-corrected chi connectivity index (χ3v) is 2.67. The molecule has 0 aromatic heterocycles. The van der Waals surface area contributed by atoms with E-state index in [1.165, 1.54) is 18.2 Å². The number of nitrogens with one attached hydrogen (secondary N) is 1. The minimum atomic E-state index is -4.74. The zero-order chi connectivity index (χ0) is 15.2. The Balaban J connectivity index is 2.60. The van der Waals surface area contributed by atoms with E-state index in [0.29, 0.717) is 12.1 Å². The molecule has 0 radical (unpaired) electrons. The van der Waals surface area contributed by atoms with Crippen molar-refractivity contribution in [2.24, 2.45) is 5.92 Å². The average molecular weight is 289 g/mol. The van der Waals surface area contributed by atoms with Gasteiger partial charge in [0.1, 0.15) is 5.75 Å². The van der Waals surface area contributed by atoms with E-state index in [0.717, 1.165) is 18.9 Å². The lowest BCUT2D eigenvalue weighted by molar-refractivity contribution is -0.274. The Labute approximate surface area is 116 Å². The number of halogens is 3. The normalized spacial score (nSPS) is 12.8. The molecule has 0 aliphatic carbocycles. The number of carbonyl (C=O) groups is 1. The molecule has 0 spiro atoms. The lowest BCUT2D eigenvalue weighted by Crippen LogP contribution is -2.18. The maximum Gasteiger partial charge on any atom is 0.573 e. The SMILES string of the molecule is CCCC(C)CC(=O)Nc1cccc(OC(F)(F)F)c1. The second kappa shape index (κ2) is 7.17. The Hall–Kier alpha value is -1.72. The Bertz CT molecular complexity index is 446. The number of carbonyl (C=O) groups excluding carboxylic acids is 1. The van der Waals surface area contributed by atoms with E-state index in [9.17, 15) is 18.0 Å². The fourth-order valence-corrected chi connectivity index (χ4v) is 1.89. The summed E-state index contributed by atoms with van der Waals surface area (Å²) < 4.78 is 40.0. The van der Waals surface area contributed by atoms with E-state index in [1.807, 2.05) is 13.8 Å². The molecule has 6 heteroatoms. The number of alkyl halides is 3. The van der Waals surface area contributed by atoms with E-state index in [-0.39, 0.29) is 17.6 Å². The molecule has 20 heavy (non-hydrogen) atoms.